The maximum Gasteiger partial charge on any atom is 0.573 e. The van der Waals surface area contributed by atoms with Crippen LogP contribution in [0, 0.1) is 0 Å². The number of fused-ring (bicyclic) bond motifs is 2. The van der Waals surface area contributed by atoms with E-state index >= 15 is 0 Å². The zero-order valence-electron chi connectivity index (χ0n) is 19.6. The molecule has 190 valence electrons. The number of aryl methyl sites for hydroxylation is 1. The predicted molar refractivity (Wildman–Crippen MR) is 133 cm³/mol. The summed E-state index contributed by atoms with van der Waals surface area (Å²) in [7, 11) is 0. The second-order valence-corrected chi connectivity index (χ2v) is 8.84. The molecule has 3 heterocycles. The highest BCUT2D eigenvalue weighted by Gasteiger charge is 2.31. The Kier molecular flexibility index (Phi) is 6.51. The number of carbonyl (C=O) groups excluding carboxylic acids is 1. The molecule has 0 aliphatic rings. The van der Waals surface area contributed by atoms with E-state index in [1.807, 2.05) is 29.7 Å². The minimum absolute atomic E-state index is 0.263. The SMILES string of the molecule is CCc1nc2ccc(Cl)cn2c1C(=O)NCc1ccc2ncn(Cc3ccc(OC(F)(F)F)cc3)c2c1. The van der Waals surface area contributed by atoms with Crippen molar-refractivity contribution in [2.45, 2.75) is 32.8 Å². The average molecular weight is 528 g/mol. The van der Waals surface area contributed by atoms with Gasteiger partial charge in [-0.2, -0.15) is 0 Å². The minimum Gasteiger partial charge on any atom is -0.406 e. The highest BCUT2D eigenvalue weighted by Crippen LogP contribution is 2.24. The molecule has 7 nitrogen and oxygen atoms in total. The molecule has 11 heteroatoms. The smallest absolute Gasteiger partial charge is 0.406 e. The summed E-state index contributed by atoms with van der Waals surface area (Å²) in [5, 5.41) is 3.46. The zero-order valence-corrected chi connectivity index (χ0v) is 20.3. The van der Waals surface area contributed by atoms with E-state index in [0.717, 1.165) is 22.2 Å². The molecule has 5 aromatic rings. The number of aromatic nitrogens is 4. The Labute approximate surface area is 214 Å². The van der Waals surface area contributed by atoms with Crippen molar-refractivity contribution in [1.82, 2.24) is 24.3 Å². The van der Waals surface area contributed by atoms with Crippen LogP contribution in [0.25, 0.3) is 16.7 Å². The molecule has 1 amide bonds. The van der Waals surface area contributed by atoms with Crippen molar-refractivity contribution in [3.63, 3.8) is 0 Å². The van der Waals surface area contributed by atoms with Crippen molar-refractivity contribution in [1.29, 1.82) is 0 Å². The lowest BCUT2D eigenvalue weighted by Crippen LogP contribution is -2.25. The highest BCUT2D eigenvalue weighted by molar-refractivity contribution is 6.30. The fourth-order valence-electron chi connectivity index (χ4n) is 4.15. The van der Waals surface area contributed by atoms with Gasteiger partial charge in [0.05, 0.1) is 28.1 Å². The quantitative estimate of drug-likeness (QED) is 0.291. The Morgan fingerprint density at radius 2 is 1.84 bits per heavy atom. The zero-order chi connectivity index (χ0) is 26.2. The van der Waals surface area contributed by atoms with Crippen molar-refractivity contribution >= 4 is 34.2 Å². The number of rotatable bonds is 7. The molecule has 0 saturated heterocycles. The molecule has 0 saturated carbocycles. The van der Waals surface area contributed by atoms with Crippen LogP contribution in [-0.4, -0.2) is 31.2 Å². The highest BCUT2D eigenvalue weighted by atomic mass is 35.5. The molecule has 0 atom stereocenters. The number of alkyl halides is 3. The first-order valence-electron chi connectivity index (χ1n) is 11.4. The van der Waals surface area contributed by atoms with Crippen molar-refractivity contribution in [3.05, 3.63) is 94.7 Å². The Hall–Kier alpha value is -4.05. The van der Waals surface area contributed by atoms with E-state index < -0.39 is 6.36 Å². The lowest BCUT2D eigenvalue weighted by atomic mass is 10.1. The summed E-state index contributed by atoms with van der Waals surface area (Å²) in [5.74, 6) is -0.536. The van der Waals surface area contributed by atoms with Gasteiger partial charge in [-0.25, -0.2) is 9.97 Å². The molecule has 1 N–H and O–H groups in total. The molecule has 5 rings (SSSR count). The molecular weight excluding hydrogens is 507 g/mol. The maximum atomic E-state index is 13.1. The first kappa shape index (κ1) is 24.6. The van der Waals surface area contributed by atoms with Crippen LogP contribution in [-0.2, 0) is 19.5 Å². The molecule has 0 fully saturated rings. The van der Waals surface area contributed by atoms with E-state index in [4.69, 9.17) is 11.6 Å². The largest absolute Gasteiger partial charge is 0.573 e. The summed E-state index contributed by atoms with van der Waals surface area (Å²) < 4.78 is 44.7. The van der Waals surface area contributed by atoms with E-state index in [1.165, 1.54) is 12.1 Å². The second-order valence-electron chi connectivity index (χ2n) is 8.41. The summed E-state index contributed by atoms with van der Waals surface area (Å²) >= 11 is 6.13. The third-order valence-corrected chi connectivity index (χ3v) is 6.08. The topological polar surface area (TPSA) is 73.5 Å². The van der Waals surface area contributed by atoms with Crippen LogP contribution < -0.4 is 10.1 Å². The van der Waals surface area contributed by atoms with Gasteiger partial charge in [-0.3, -0.25) is 9.20 Å². The minimum atomic E-state index is -4.73. The molecular formula is C26H21ClF3N5O2. The van der Waals surface area contributed by atoms with Crippen LogP contribution in [0.3, 0.4) is 0 Å². The predicted octanol–water partition coefficient (Wildman–Crippen LogP) is 5.78. The van der Waals surface area contributed by atoms with E-state index in [1.54, 1.807) is 41.2 Å². The Morgan fingerprint density at radius 1 is 1.08 bits per heavy atom. The van der Waals surface area contributed by atoms with Crippen LogP contribution >= 0.6 is 11.6 Å². The van der Waals surface area contributed by atoms with E-state index in [0.29, 0.717) is 35.0 Å². The van der Waals surface area contributed by atoms with Crippen LogP contribution in [0.2, 0.25) is 5.02 Å². The summed E-state index contributed by atoms with van der Waals surface area (Å²) in [6.07, 6.45) is -0.798. The van der Waals surface area contributed by atoms with Crippen LogP contribution in [0.4, 0.5) is 13.2 Å². The van der Waals surface area contributed by atoms with Gasteiger partial charge in [-0.1, -0.05) is 36.7 Å². The molecule has 0 spiro atoms. The molecule has 0 bridgehead atoms. The van der Waals surface area contributed by atoms with Crippen LogP contribution in [0.1, 0.15) is 34.2 Å². The molecule has 3 aromatic heterocycles. The molecule has 0 unspecified atom stereocenters. The molecule has 0 radical (unpaired) electrons. The fraction of sp³-hybridized carbons (Fsp3) is 0.192. The van der Waals surface area contributed by atoms with Crippen molar-refractivity contribution in [2.24, 2.45) is 0 Å². The Bertz CT molecular complexity index is 1590. The number of carbonyl (C=O) groups is 1. The van der Waals surface area contributed by atoms with Crippen molar-refractivity contribution in [2.75, 3.05) is 0 Å². The third-order valence-electron chi connectivity index (χ3n) is 5.85. The average Bonchev–Trinajstić information content (AvgIpc) is 3.43. The lowest BCUT2D eigenvalue weighted by molar-refractivity contribution is -0.274. The van der Waals surface area contributed by atoms with Crippen molar-refractivity contribution in [3.8, 4) is 5.75 Å². The number of pyridine rings is 1. The third kappa shape index (κ3) is 5.39. The van der Waals surface area contributed by atoms with E-state index in [2.05, 4.69) is 20.0 Å². The standard InChI is InChI=1S/C26H21ClF3N5O2/c1-2-20-24(35-14-18(27)6-10-23(35)33-20)25(36)31-12-17-5-9-21-22(11-17)34(15-32-21)13-16-3-7-19(8-4-16)37-26(28,29)30/h3-11,14-15H,2,12-13H2,1H3,(H,31,36). The summed E-state index contributed by atoms with van der Waals surface area (Å²) in [6, 6.07) is 14.9. The Balaban J connectivity index is 1.32. The van der Waals surface area contributed by atoms with Gasteiger partial charge in [0.1, 0.15) is 17.1 Å². The number of halogens is 4. The lowest BCUT2D eigenvalue weighted by Gasteiger charge is -2.10. The van der Waals surface area contributed by atoms with E-state index in [9.17, 15) is 18.0 Å². The number of hydrogen-bond donors (Lipinski definition) is 1. The van der Waals surface area contributed by atoms with Crippen LogP contribution in [0.5, 0.6) is 5.75 Å². The molecule has 0 aliphatic carbocycles. The van der Waals surface area contributed by atoms with Gasteiger partial charge in [0.2, 0.25) is 0 Å². The number of nitrogens with one attached hydrogen (secondary N) is 1. The van der Waals surface area contributed by atoms with Gasteiger partial charge < -0.3 is 14.6 Å². The Morgan fingerprint density at radius 3 is 2.57 bits per heavy atom. The summed E-state index contributed by atoms with van der Waals surface area (Å²) in [4.78, 5) is 22.0. The number of hydrogen-bond acceptors (Lipinski definition) is 4. The summed E-state index contributed by atoms with van der Waals surface area (Å²) in [5.41, 5.74) is 5.01. The van der Waals surface area contributed by atoms with Crippen molar-refractivity contribution < 1.29 is 22.7 Å². The number of nitrogens with zero attached hydrogens (tertiary/aromatic N) is 4. The number of ether oxygens (including phenoxy) is 1. The number of amides is 1. The number of imidazole rings is 2. The first-order valence-corrected chi connectivity index (χ1v) is 11.8. The molecule has 37 heavy (non-hydrogen) atoms. The first-order chi connectivity index (χ1) is 17.7. The van der Waals surface area contributed by atoms with Gasteiger partial charge in [0, 0.05) is 19.3 Å². The number of benzene rings is 2. The fourth-order valence-corrected chi connectivity index (χ4v) is 4.31. The normalized spacial score (nSPS) is 11.8. The maximum absolute atomic E-state index is 13.1. The van der Waals surface area contributed by atoms with Gasteiger partial charge in [-0.05, 0) is 53.9 Å². The van der Waals surface area contributed by atoms with Gasteiger partial charge in [0.15, 0.2) is 0 Å². The van der Waals surface area contributed by atoms with Gasteiger partial charge >= 0.3 is 6.36 Å². The molecule has 2 aromatic carbocycles. The van der Waals surface area contributed by atoms with Crippen LogP contribution in [0.15, 0.2) is 67.1 Å². The monoisotopic (exact) mass is 527 g/mol. The van der Waals surface area contributed by atoms with E-state index in [-0.39, 0.29) is 18.2 Å². The van der Waals surface area contributed by atoms with Gasteiger partial charge in [-0.15, -0.1) is 13.2 Å². The molecule has 0 aliphatic heterocycles. The summed E-state index contributed by atoms with van der Waals surface area (Å²) in [6.45, 7) is 2.62. The second kappa shape index (κ2) is 9.78. The van der Waals surface area contributed by atoms with Gasteiger partial charge in [0.25, 0.3) is 5.91 Å².